The van der Waals surface area contributed by atoms with Crippen molar-refractivity contribution in [3.8, 4) is 0 Å². The molecule has 1 aromatic carbocycles. The highest BCUT2D eigenvalue weighted by molar-refractivity contribution is 5.35. The Balaban J connectivity index is 1.93. The van der Waals surface area contributed by atoms with Gasteiger partial charge in [-0.1, -0.05) is 24.3 Å². The van der Waals surface area contributed by atoms with Crippen LogP contribution in [0.3, 0.4) is 0 Å². The van der Waals surface area contributed by atoms with Crippen molar-refractivity contribution in [1.29, 1.82) is 0 Å². The molecule has 0 radical (unpaired) electrons. The van der Waals surface area contributed by atoms with E-state index in [9.17, 15) is 0 Å². The van der Waals surface area contributed by atoms with Gasteiger partial charge >= 0.3 is 0 Å². The summed E-state index contributed by atoms with van der Waals surface area (Å²) in [4.78, 5) is 0. The van der Waals surface area contributed by atoms with E-state index in [1.54, 1.807) is 5.56 Å². The van der Waals surface area contributed by atoms with E-state index in [0.29, 0.717) is 11.0 Å². The predicted octanol–water partition coefficient (Wildman–Crippen LogP) is 3.56. The van der Waals surface area contributed by atoms with Crippen LogP contribution < -0.4 is 5.32 Å². The maximum atomic E-state index is 3.59. The first kappa shape index (κ1) is 11.3. The van der Waals surface area contributed by atoms with Gasteiger partial charge in [0, 0.05) is 5.54 Å². The summed E-state index contributed by atoms with van der Waals surface area (Å²) in [6.07, 6.45) is 8.20. The molecule has 1 aromatic rings. The molecule has 3 aliphatic rings. The monoisotopic (exact) mass is 229 g/mol. The molecular formula is C16H23N. The van der Waals surface area contributed by atoms with Crippen molar-refractivity contribution >= 4 is 0 Å². The fourth-order valence-electron chi connectivity index (χ4n) is 4.13. The number of aryl methyl sites for hydroxylation is 1. The van der Waals surface area contributed by atoms with Crippen LogP contribution in [0.1, 0.15) is 49.7 Å². The van der Waals surface area contributed by atoms with Crippen LogP contribution in [0.25, 0.3) is 0 Å². The summed E-state index contributed by atoms with van der Waals surface area (Å²) >= 11 is 0. The van der Waals surface area contributed by atoms with Gasteiger partial charge in [-0.15, -0.1) is 0 Å². The van der Waals surface area contributed by atoms with Crippen LogP contribution in [-0.2, 0) is 5.41 Å². The van der Waals surface area contributed by atoms with Gasteiger partial charge in [0.2, 0.25) is 0 Å². The highest BCUT2D eigenvalue weighted by Gasteiger charge is 2.48. The topological polar surface area (TPSA) is 12.0 Å². The summed E-state index contributed by atoms with van der Waals surface area (Å²) in [5.41, 5.74) is 4.10. The molecule has 0 unspecified atom stereocenters. The zero-order valence-electron chi connectivity index (χ0n) is 11.1. The molecule has 1 heteroatoms. The maximum absolute atomic E-state index is 3.59. The van der Waals surface area contributed by atoms with Crippen LogP contribution >= 0.6 is 0 Å². The van der Waals surface area contributed by atoms with E-state index in [1.807, 2.05) is 0 Å². The summed E-state index contributed by atoms with van der Waals surface area (Å²) in [7, 11) is 2.14. The van der Waals surface area contributed by atoms with Crippen molar-refractivity contribution < 1.29 is 0 Å². The minimum atomic E-state index is 0.477. The van der Waals surface area contributed by atoms with Gasteiger partial charge in [-0.25, -0.2) is 0 Å². The van der Waals surface area contributed by atoms with Crippen molar-refractivity contribution in [3.63, 3.8) is 0 Å². The standard InChI is InChI=1S/C16H23N/c1-13-5-3-4-6-14(13)15-7-10-16(17-2,11-8-15)12-9-15/h3-6,17H,7-12H2,1-2H3. The summed E-state index contributed by atoms with van der Waals surface area (Å²) in [5, 5.41) is 3.59. The van der Waals surface area contributed by atoms with Crippen molar-refractivity contribution in [1.82, 2.24) is 5.32 Å². The third-order valence-corrected chi connectivity index (χ3v) is 5.49. The molecule has 1 N–H and O–H groups in total. The predicted molar refractivity (Wildman–Crippen MR) is 72.3 cm³/mol. The Morgan fingerprint density at radius 2 is 1.53 bits per heavy atom. The smallest absolute Gasteiger partial charge is 0.0179 e. The largest absolute Gasteiger partial charge is 0.314 e. The van der Waals surface area contributed by atoms with E-state index >= 15 is 0 Å². The van der Waals surface area contributed by atoms with E-state index in [-0.39, 0.29) is 0 Å². The lowest BCUT2D eigenvalue weighted by atomic mass is 9.54. The fraction of sp³-hybridized carbons (Fsp3) is 0.625. The van der Waals surface area contributed by atoms with Crippen LogP contribution in [0, 0.1) is 6.92 Å². The number of fused-ring (bicyclic) bond motifs is 3. The first-order chi connectivity index (χ1) is 8.20. The van der Waals surface area contributed by atoms with Gasteiger partial charge in [-0.2, -0.15) is 0 Å². The minimum Gasteiger partial charge on any atom is -0.314 e. The normalized spacial score (nSPS) is 36.1. The maximum Gasteiger partial charge on any atom is 0.0179 e. The number of hydrogen-bond donors (Lipinski definition) is 1. The summed E-state index contributed by atoms with van der Waals surface area (Å²) in [6, 6.07) is 9.02. The molecular weight excluding hydrogens is 206 g/mol. The van der Waals surface area contributed by atoms with E-state index < -0.39 is 0 Å². The Kier molecular flexibility index (Phi) is 2.55. The van der Waals surface area contributed by atoms with Crippen molar-refractivity contribution in [2.45, 2.75) is 56.4 Å². The third kappa shape index (κ3) is 1.63. The zero-order chi connectivity index (χ0) is 11.9. The molecule has 0 saturated heterocycles. The van der Waals surface area contributed by atoms with Gasteiger partial charge in [-0.05, 0) is 69.0 Å². The second-order valence-corrected chi connectivity index (χ2v) is 6.13. The quantitative estimate of drug-likeness (QED) is 0.817. The van der Waals surface area contributed by atoms with E-state index in [4.69, 9.17) is 0 Å². The zero-order valence-corrected chi connectivity index (χ0v) is 11.1. The number of benzene rings is 1. The van der Waals surface area contributed by atoms with Crippen LogP contribution in [0.5, 0.6) is 0 Å². The Bertz CT molecular complexity index is 397. The second-order valence-electron chi connectivity index (χ2n) is 6.13. The van der Waals surface area contributed by atoms with Crippen molar-refractivity contribution in [2.24, 2.45) is 0 Å². The van der Waals surface area contributed by atoms with Gasteiger partial charge in [0.05, 0.1) is 0 Å². The molecule has 3 fully saturated rings. The van der Waals surface area contributed by atoms with E-state index in [1.165, 1.54) is 44.1 Å². The molecule has 3 aliphatic carbocycles. The Hall–Kier alpha value is -0.820. The summed E-state index contributed by atoms with van der Waals surface area (Å²) in [6.45, 7) is 2.28. The summed E-state index contributed by atoms with van der Waals surface area (Å²) < 4.78 is 0. The third-order valence-electron chi connectivity index (χ3n) is 5.49. The molecule has 3 saturated carbocycles. The lowest BCUT2D eigenvalue weighted by Crippen LogP contribution is -2.55. The molecule has 0 spiro atoms. The minimum absolute atomic E-state index is 0.477. The Morgan fingerprint density at radius 1 is 0.941 bits per heavy atom. The molecule has 92 valence electrons. The van der Waals surface area contributed by atoms with Crippen molar-refractivity contribution in [2.75, 3.05) is 7.05 Å². The molecule has 0 atom stereocenters. The molecule has 17 heavy (non-hydrogen) atoms. The van der Waals surface area contributed by atoms with Crippen LogP contribution in [0.15, 0.2) is 24.3 Å². The lowest BCUT2D eigenvalue weighted by Gasteiger charge is -2.54. The van der Waals surface area contributed by atoms with Crippen molar-refractivity contribution in [3.05, 3.63) is 35.4 Å². The van der Waals surface area contributed by atoms with Crippen LogP contribution in [0.2, 0.25) is 0 Å². The van der Waals surface area contributed by atoms with Gasteiger partial charge in [0.1, 0.15) is 0 Å². The SMILES string of the molecule is CNC12CCC(c3ccccc3C)(CC1)CC2. The van der Waals surface area contributed by atoms with Crippen LogP contribution in [0.4, 0.5) is 0 Å². The number of hydrogen-bond acceptors (Lipinski definition) is 1. The lowest BCUT2D eigenvalue weighted by molar-refractivity contribution is 0.0831. The van der Waals surface area contributed by atoms with Gasteiger partial charge in [-0.3, -0.25) is 0 Å². The van der Waals surface area contributed by atoms with Gasteiger partial charge in [0.25, 0.3) is 0 Å². The average molecular weight is 229 g/mol. The highest BCUT2D eigenvalue weighted by atomic mass is 15.0. The van der Waals surface area contributed by atoms with Gasteiger partial charge in [0.15, 0.2) is 0 Å². The molecule has 0 aliphatic heterocycles. The molecule has 4 rings (SSSR count). The molecule has 0 amide bonds. The number of rotatable bonds is 2. The fourth-order valence-corrected chi connectivity index (χ4v) is 4.13. The second kappa shape index (κ2) is 3.84. The van der Waals surface area contributed by atoms with E-state index in [2.05, 4.69) is 43.6 Å². The molecule has 2 bridgehead atoms. The first-order valence-electron chi connectivity index (χ1n) is 6.95. The molecule has 0 aromatic heterocycles. The van der Waals surface area contributed by atoms with Gasteiger partial charge < -0.3 is 5.32 Å². The first-order valence-corrected chi connectivity index (χ1v) is 6.95. The summed E-state index contributed by atoms with van der Waals surface area (Å²) in [5.74, 6) is 0. The van der Waals surface area contributed by atoms with E-state index in [0.717, 1.165) is 0 Å². The van der Waals surface area contributed by atoms with Crippen LogP contribution in [-0.4, -0.2) is 12.6 Å². The molecule has 0 heterocycles. The average Bonchev–Trinajstić information content (AvgIpc) is 2.41. The highest BCUT2D eigenvalue weighted by Crippen LogP contribution is 2.53. The Labute approximate surface area is 105 Å². The molecule has 1 nitrogen and oxygen atoms in total. The number of nitrogens with one attached hydrogen (secondary N) is 1. The Morgan fingerprint density at radius 3 is 2.06 bits per heavy atom.